The van der Waals surface area contributed by atoms with Gasteiger partial charge in [0.2, 0.25) is 11.8 Å². The van der Waals surface area contributed by atoms with Crippen molar-refractivity contribution in [1.82, 2.24) is 9.80 Å². The molecule has 8 heteroatoms. The maximum absolute atomic E-state index is 11.8. The van der Waals surface area contributed by atoms with E-state index in [-0.39, 0.29) is 77.3 Å². The van der Waals surface area contributed by atoms with E-state index in [0.717, 1.165) is 0 Å². The van der Waals surface area contributed by atoms with Gasteiger partial charge in [0, 0.05) is 39.0 Å². The number of aliphatic hydroxyl groups excluding tert-OH is 4. The van der Waals surface area contributed by atoms with Gasteiger partial charge in [-0.2, -0.15) is 0 Å². The molecule has 0 saturated heterocycles. The van der Waals surface area contributed by atoms with Crippen molar-refractivity contribution in [1.29, 1.82) is 0 Å². The van der Waals surface area contributed by atoms with Crippen LogP contribution in [0.25, 0.3) is 0 Å². The first-order valence-electron chi connectivity index (χ1n) is 7.59. The van der Waals surface area contributed by atoms with E-state index < -0.39 is 0 Å². The summed E-state index contributed by atoms with van der Waals surface area (Å²) in [4.78, 5) is 26.5. The lowest BCUT2D eigenvalue weighted by molar-refractivity contribution is -0.134. The van der Waals surface area contributed by atoms with Gasteiger partial charge in [-0.15, -0.1) is 0 Å². The molecule has 130 valence electrons. The Morgan fingerprint density at radius 2 is 0.864 bits per heavy atom. The Morgan fingerprint density at radius 3 is 1.09 bits per heavy atom. The lowest BCUT2D eigenvalue weighted by atomic mass is 10.1. The molecule has 22 heavy (non-hydrogen) atoms. The van der Waals surface area contributed by atoms with E-state index in [1.165, 1.54) is 9.80 Å². The molecule has 0 aromatic rings. The SMILES string of the molecule is O=C(CCCCC(=O)N(CCO)CCO)N(CCO)CCO. The zero-order chi connectivity index (χ0) is 16.8. The standard InChI is InChI=1S/C14H28N2O6/c17-9-5-15(6-10-18)13(21)3-1-2-4-14(22)16(7-11-19)8-12-20/h17-20H,1-12H2. The number of unbranched alkanes of at least 4 members (excludes halogenated alkanes) is 1. The smallest absolute Gasteiger partial charge is 0.222 e. The van der Waals surface area contributed by atoms with Crippen LogP contribution in [0.3, 0.4) is 0 Å². The maximum Gasteiger partial charge on any atom is 0.222 e. The molecular weight excluding hydrogens is 292 g/mol. The van der Waals surface area contributed by atoms with Crippen molar-refractivity contribution in [3.63, 3.8) is 0 Å². The van der Waals surface area contributed by atoms with Crippen molar-refractivity contribution in [2.75, 3.05) is 52.6 Å². The maximum atomic E-state index is 11.8. The minimum absolute atomic E-state index is 0.151. The van der Waals surface area contributed by atoms with Crippen molar-refractivity contribution in [2.24, 2.45) is 0 Å². The quantitative estimate of drug-likeness (QED) is 0.296. The van der Waals surface area contributed by atoms with Crippen molar-refractivity contribution >= 4 is 11.8 Å². The molecule has 0 aliphatic heterocycles. The van der Waals surface area contributed by atoms with Crippen LogP contribution >= 0.6 is 0 Å². The largest absolute Gasteiger partial charge is 0.395 e. The van der Waals surface area contributed by atoms with Gasteiger partial charge in [-0.25, -0.2) is 0 Å². The number of rotatable bonds is 13. The number of aliphatic hydroxyl groups is 4. The number of hydrogen-bond acceptors (Lipinski definition) is 6. The Kier molecular flexibility index (Phi) is 12.7. The molecule has 0 radical (unpaired) electrons. The molecule has 0 heterocycles. The second kappa shape index (κ2) is 13.4. The van der Waals surface area contributed by atoms with E-state index in [1.54, 1.807) is 0 Å². The van der Waals surface area contributed by atoms with E-state index in [4.69, 9.17) is 20.4 Å². The summed E-state index contributed by atoms with van der Waals surface area (Å²) in [5.41, 5.74) is 0. The van der Waals surface area contributed by atoms with Crippen LogP contribution in [0.5, 0.6) is 0 Å². The fourth-order valence-electron chi connectivity index (χ4n) is 2.07. The normalized spacial score (nSPS) is 10.5. The van der Waals surface area contributed by atoms with Crippen molar-refractivity contribution in [3.05, 3.63) is 0 Å². The highest BCUT2D eigenvalue weighted by Crippen LogP contribution is 2.06. The van der Waals surface area contributed by atoms with Crippen LogP contribution in [0.1, 0.15) is 25.7 Å². The number of carbonyl (C=O) groups excluding carboxylic acids is 2. The summed E-state index contributed by atoms with van der Waals surface area (Å²) in [5.74, 6) is -0.309. The van der Waals surface area contributed by atoms with Crippen molar-refractivity contribution in [2.45, 2.75) is 25.7 Å². The second-order valence-electron chi connectivity index (χ2n) is 4.86. The van der Waals surface area contributed by atoms with Crippen LogP contribution in [0.2, 0.25) is 0 Å². The minimum atomic E-state index is -0.155. The molecule has 4 N–H and O–H groups in total. The van der Waals surface area contributed by atoms with Gasteiger partial charge < -0.3 is 30.2 Å². The average molecular weight is 320 g/mol. The van der Waals surface area contributed by atoms with Gasteiger partial charge in [0.15, 0.2) is 0 Å². The highest BCUT2D eigenvalue weighted by atomic mass is 16.3. The molecule has 0 rings (SSSR count). The summed E-state index contributed by atoms with van der Waals surface area (Å²) in [6.45, 7) is 0.169. The van der Waals surface area contributed by atoms with E-state index >= 15 is 0 Å². The highest BCUT2D eigenvalue weighted by Gasteiger charge is 2.14. The molecule has 8 nitrogen and oxygen atoms in total. The van der Waals surface area contributed by atoms with Crippen LogP contribution in [-0.4, -0.2) is 94.6 Å². The monoisotopic (exact) mass is 320 g/mol. The van der Waals surface area contributed by atoms with Crippen molar-refractivity contribution < 1.29 is 30.0 Å². The predicted molar refractivity (Wildman–Crippen MR) is 80.0 cm³/mol. The second-order valence-corrected chi connectivity index (χ2v) is 4.86. The Hall–Kier alpha value is -1.22. The van der Waals surface area contributed by atoms with Crippen molar-refractivity contribution in [3.8, 4) is 0 Å². The third kappa shape index (κ3) is 8.93. The molecule has 2 amide bonds. The first-order valence-corrected chi connectivity index (χ1v) is 7.59. The summed E-state index contributed by atoms with van der Waals surface area (Å²) >= 11 is 0. The van der Waals surface area contributed by atoms with Crippen LogP contribution in [0, 0.1) is 0 Å². The van der Waals surface area contributed by atoms with Gasteiger partial charge in [-0.1, -0.05) is 0 Å². The van der Waals surface area contributed by atoms with Gasteiger partial charge in [-0.05, 0) is 12.8 Å². The lowest BCUT2D eigenvalue weighted by Crippen LogP contribution is -2.36. The van der Waals surface area contributed by atoms with E-state index in [2.05, 4.69) is 0 Å². The molecule has 0 fully saturated rings. The van der Waals surface area contributed by atoms with Crippen LogP contribution in [0.4, 0.5) is 0 Å². The third-order valence-electron chi connectivity index (χ3n) is 3.22. The number of nitrogens with zero attached hydrogens (tertiary/aromatic N) is 2. The first-order chi connectivity index (χ1) is 10.6. The molecule has 0 atom stereocenters. The zero-order valence-corrected chi connectivity index (χ0v) is 13.0. The average Bonchev–Trinajstić information content (AvgIpc) is 2.50. The molecule has 0 aromatic carbocycles. The number of amides is 2. The zero-order valence-electron chi connectivity index (χ0n) is 13.0. The van der Waals surface area contributed by atoms with Gasteiger partial charge in [0.25, 0.3) is 0 Å². The Bertz CT molecular complexity index is 272. The van der Waals surface area contributed by atoms with Crippen LogP contribution < -0.4 is 0 Å². The van der Waals surface area contributed by atoms with E-state index in [0.29, 0.717) is 12.8 Å². The van der Waals surface area contributed by atoms with Crippen LogP contribution in [0.15, 0.2) is 0 Å². The number of hydrogen-bond donors (Lipinski definition) is 4. The van der Waals surface area contributed by atoms with E-state index in [1.807, 2.05) is 0 Å². The number of carbonyl (C=O) groups is 2. The van der Waals surface area contributed by atoms with Gasteiger partial charge in [0.1, 0.15) is 0 Å². The first kappa shape index (κ1) is 20.8. The summed E-state index contributed by atoms with van der Waals surface area (Å²) in [5, 5.41) is 35.4. The molecule has 0 saturated carbocycles. The molecule has 0 aliphatic carbocycles. The molecule has 0 bridgehead atoms. The Labute approximate surface area is 131 Å². The van der Waals surface area contributed by atoms with Gasteiger partial charge >= 0.3 is 0 Å². The van der Waals surface area contributed by atoms with Crippen LogP contribution in [-0.2, 0) is 9.59 Å². The summed E-state index contributed by atoms with van der Waals surface area (Å²) in [6, 6.07) is 0. The summed E-state index contributed by atoms with van der Waals surface area (Å²) < 4.78 is 0. The fourth-order valence-corrected chi connectivity index (χ4v) is 2.07. The molecule has 0 aliphatic rings. The third-order valence-corrected chi connectivity index (χ3v) is 3.22. The predicted octanol–water partition coefficient (Wildman–Crippen LogP) is -1.83. The van der Waals surface area contributed by atoms with E-state index in [9.17, 15) is 9.59 Å². The lowest BCUT2D eigenvalue weighted by Gasteiger charge is -2.21. The summed E-state index contributed by atoms with van der Waals surface area (Å²) in [7, 11) is 0. The highest BCUT2D eigenvalue weighted by molar-refractivity contribution is 5.77. The topological polar surface area (TPSA) is 122 Å². The van der Waals surface area contributed by atoms with Gasteiger partial charge in [0.05, 0.1) is 26.4 Å². The van der Waals surface area contributed by atoms with Gasteiger partial charge in [-0.3, -0.25) is 9.59 Å². The summed E-state index contributed by atoms with van der Waals surface area (Å²) in [6.07, 6.45) is 1.58. The fraction of sp³-hybridized carbons (Fsp3) is 0.857. The molecule has 0 aromatic heterocycles. The minimum Gasteiger partial charge on any atom is -0.395 e. The molecular formula is C14H28N2O6. The molecule has 0 unspecified atom stereocenters. The Morgan fingerprint density at radius 1 is 0.591 bits per heavy atom. The Balaban J connectivity index is 4.03. The molecule has 0 spiro atoms.